The summed E-state index contributed by atoms with van der Waals surface area (Å²) in [5.74, 6) is -0.240. The fourth-order valence-electron chi connectivity index (χ4n) is 1.32. The van der Waals surface area contributed by atoms with Crippen molar-refractivity contribution in [2.45, 2.75) is 20.8 Å². The Bertz CT molecular complexity index is 478. The molecule has 1 N–H and O–H groups in total. The standard InChI is InChI=1S/C13H15ClN2O/c1-4-11(15-5-2)13(17)16-12-8-10(14)7-6-9(12)3/h4-8H,1-3H3,(H,16,17)/b11-4-,15-5?. The van der Waals surface area contributed by atoms with E-state index in [1.165, 1.54) is 0 Å². The van der Waals surface area contributed by atoms with Crippen molar-refractivity contribution in [3.05, 3.63) is 40.6 Å². The second-order valence-electron chi connectivity index (χ2n) is 3.47. The molecule has 0 fully saturated rings. The summed E-state index contributed by atoms with van der Waals surface area (Å²) >= 11 is 5.88. The van der Waals surface area contributed by atoms with E-state index in [9.17, 15) is 4.79 Å². The third-order valence-corrected chi connectivity index (χ3v) is 2.46. The number of rotatable bonds is 3. The minimum atomic E-state index is -0.240. The molecule has 0 bridgehead atoms. The van der Waals surface area contributed by atoms with E-state index in [-0.39, 0.29) is 5.91 Å². The van der Waals surface area contributed by atoms with Crippen molar-refractivity contribution in [3.8, 4) is 0 Å². The van der Waals surface area contributed by atoms with Crippen molar-refractivity contribution in [1.29, 1.82) is 0 Å². The number of anilines is 1. The van der Waals surface area contributed by atoms with Crippen molar-refractivity contribution in [2.24, 2.45) is 4.99 Å². The maximum Gasteiger partial charge on any atom is 0.273 e. The topological polar surface area (TPSA) is 41.5 Å². The number of hydrogen-bond acceptors (Lipinski definition) is 2. The fraction of sp³-hybridized carbons (Fsp3) is 0.231. The highest BCUT2D eigenvalue weighted by Gasteiger charge is 2.08. The van der Waals surface area contributed by atoms with E-state index >= 15 is 0 Å². The number of nitrogens with one attached hydrogen (secondary N) is 1. The lowest BCUT2D eigenvalue weighted by molar-refractivity contribution is -0.112. The fourth-order valence-corrected chi connectivity index (χ4v) is 1.49. The third kappa shape index (κ3) is 3.71. The Hall–Kier alpha value is -1.61. The molecule has 0 saturated carbocycles. The molecule has 0 aliphatic rings. The second-order valence-corrected chi connectivity index (χ2v) is 3.91. The van der Waals surface area contributed by atoms with Crippen molar-refractivity contribution < 1.29 is 4.79 Å². The number of benzene rings is 1. The Morgan fingerprint density at radius 2 is 2.12 bits per heavy atom. The molecule has 0 aromatic heterocycles. The van der Waals surface area contributed by atoms with Gasteiger partial charge in [-0.1, -0.05) is 23.7 Å². The smallest absolute Gasteiger partial charge is 0.273 e. The molecule has 3 nitrogen and oxygen atoms in total. The summed E-state index contributed by atoms with van der Waals surface area (Å²) in [6.45, 7) is 5.44. The van der Waals surface area contributed by atoms with Gasteiger partial charge < -0.3 is 5.32 Å². The first kappa shape index (κ1) is 13.5. The van der Waals surface area contributed by atoms with Gasteiger partial charge in [-0.05, 0) is 38.5 Å². The first-order chi connectivity index (χ1) is 8.08. The van der Waals surface area contributed by atoms with Crippen LogP contribution in [0.1, 0.15) is 19.4 Å². The highest BCUT2D eigenvalue weighted by molar-refractivity contribution is 6.31. The number of aryl methyl sites for hydroxylation is 1. The zero-order valence-corrected chi connectivity index (χ0v) is 10.9. The Kier molecular flexibility index (Phi) is 4.91. The van der Waals surface area contributed by atoms with Gasteiger partial charge >= 0.3 is 0 Å². The molecule has 0 unspecified atom stereocenters. The highest BCUT2D eigenvalue weighted by Crippen LogP contribution is 2.20. The molecular formula is C13H15ClN2O. The Morgan fingerprint density at radius 1 is 1.41 bits per heavy atom. The SMILES string of the molecule is CC=N/C(=C\C)C(=O)Nc1cc(Cl)ccc1C. The van der Waals surface area contributed by atoms with Crippen LogP contribution in [0.25, 0.3) is 0 Å². The number of hydrogen-bond donors (Lipinski definition) is 1. The zero-order valence-electron chi connectivity index (χ0n) is 10.1. The number of aliphatic imine (C=N–C) groups is 1. The number of amides is 1. The average Bonchev–Trinajstić information content (AvgIpc) is 2.30. The van der Waals surface area contributed by atoms with Crippen LogP contribution in [0.4, 0.5) is 5.69 Å². The van der Waals surface area contributed by atoms with Crippen LogP contribution in [0.5, 0.6) is 0 Å². The number of nitrogens with zero attached hydrogens (tertiary/aromatic N) is 1. The summed E-state index contributed by atoms with van der Waals surface area (Å²) in [6, 6.07) is 5.36. The zero-order chi connectivity index (χ0) is 12.8. The maximum absolute atomic E-state index is 11.9. The van der Waals surface area contributed by atoms with Crippen molar-refractivity contribution in [3.63, 3.8) is 0 Å². The van der Waals surface area contributed by atoms with Crippen molar-refractivity contribution >= 4 is 29.4 Å². The van der Waals surface area contributed by atoms with Crippen LogP contribution in [0.2, 0.25) is 5.02 Å². The first-order valence-corrected chi connectivity index (χ1v) is 5.68. The van der Waals surface area contributed by atoms with Gasteiger partial charge in [0.25, 0.3) is 5.91 Å². The van der Waals surface area contributed by atoms with Gasteiger partial charge in [-0.2, -0.15) is 0 Å². The Morgan fingerprint density at radius 3 is 2.71 bits per heavy atom. The Labute approximate surface area is 106 Å². The van der Waals surface area contributed by atoms with E-state index in [1.807, 2.05) is 13.0 Å². The van der Waals surface area contributed by atoms with Crippen LogP contribution < -0.4 is 5.32 Å². The average molecular weight is 251 g/mol. The lowest BCUT2D eigenvalue weighted by Crippen LogP contribution is -2.14. The normalized spacial score (nSPS) is 11.9. The van der Waals surface area contributed by atoms with Crippen LogP contribution in [0, 0.1) is 6.92 Å². The van der Waals surface area contributed by atoms with E-state index in [2.05, 4.69) is 10.3 Å². The largest absolute Gasteiger partial charge is 0.320 e. The van der Waals surface area contributed by atoms with Gasteiger partial charge in [0.15, 0.2) is 0 Å². The van der Waals surface area contributed by atoms with Crippen LogP contribution in [0.3, 0.4) is 0 Å². The van der Waals surface area contributed by atoms with Crippen LogP contribution >= 0.6 is 11.6 Å². The summed E-state index contributed by atoms with van der Waals surface area (Å²) in [5, 5.41) is 3.37. The number of allylic oxidation sites excluding steroid dienone is 1. The molecule has 4 heteroatoms. The van der Waals surface area contributed by atoms with Gasteiger partial charge in [0, 0.05) is 16.9 Å². The van der Waals surface area contributed by atoms with Gasteiger partial charge in [-0.3, -0.25) is 9.79 Å². The van der Waals surface area contributed by atoms with E-state index < -0.39 is 0 Å². The van der Waals surface area contributed by atoms with Gasteiger partial charge in [0.05, 0.1) is 0 Å². The van der Waals surface area contributed by atoms with Crippen molar-refractivity contribution in [1.82, 2.24) is 0 Å². The van der Waals surface area contributed by atoms with Crippen molar-refractivity contribution in [2.75, 3.05) is 5.32 Å². The molecule has 17 heavy (non-hydrogen) atoms. The van der Waals surface area contributed by atoms with Gasteiger partial charge in [0.2, 0.25) is 0 Å². The summed E-state index contributed by atoms with van der Waals surface area (Å²) in [5.41, 5.74) is 2.04. The number of halogens is 1. The van der Waals surface area contributed by atoms with Crippen LogP contribution in [-0.2, 0) is 4.79 Å². The van der Waals surface area contributed by atoms with E-state index in [1.54, 1.807) is 38.3 Å². The minimum Gasteiger partial charge on any atom is -0.320 e. The molecule has 0 spiro atoms. The molecule has 0 heterocycles. The molecule has 1 amide bonds. The molecule has 0 aliphatic carbocycles. The molecule has 0 saturated heterocycles. The third-order valence-electron chi connectivity index (χ3n) is 2.22. The number of carbonyl (C=O) groups excluding carboxylic acids is 1. The predicted molar refractivity (Wildman–Crippen MR) is 72.7 cm³/mol. The first-order valence-electron chi connectivity index (χ1n) is 5.31. The summed E-state index contributed by atoms with van der Waals surface area (Å²) in [7, 11) is 0. The molecular weight excluding hydrogens is 236 g/mol. The summed E-state index contributed by atoms with van der Waals surface area (Å²) in [6.07, 6.45) is 3.24. The van der Waals surface area contributed by atoms with Gasteiger partial charge in [-0.15, -0.1) is 0 Å². The number of carbonyl (C=O) groups is 1. The quantitative estimate of drug-likeness (QED) is 0.647. The highest BCUT2D eigenvalue weighted by atomic mass is 35.5. The predicted octanol–water partition coefficient (Wildman–Crippen LogP) is 3.58. The Balaban J connectivity index is 2.91. The second kappa shape index (κ2) is 6.21. The minimum absolute atomic E-state index is 0.240. The van der Waals surface area contributed by atoms with E-state index in [4.69, 9.17) is 11.6 Å². The monoisotopic (exact) mass is 250 g/mol. The lowest BCUT2D eigenvalue weighted by Gasteiger charge is -2.08. The van der Waals surface area contributed by atoms with Crippen LogP contribution in [0.15, 0.2) is 35.0 Å². The van der Waals surface area contributed by atoms with E-state index in [0.717, 1.165) is 5.56 Å². The van der Waals surface area contributed by atoms with Gasteiger partial charge in [0.1, 0.15) is 5.70 Å². The molecule has 0 radical (unpaired) electrons. The summed E-state index contributed by atoms with van der Waals surface area (Å²) in [4.78, 5) is 15.8. The lowest BCUT2D eigenvalue weighted by atomic mass is 10.2. The van der Waals surface area contributed by atoms with Crippen LogP contribution in [-0.4, -0.2) is 12.1 Å². The molecule has 0 atom stereocenters. The molecule has 0 aliphatic heterocycles. The van der Waals surface area contributed by atoms with Gasteiger partial charge in [-0.25, -0.2) is 0 Å². The molecule has 1 rings (SSSR count). The molecule has 1 aromatic rings. The van der Waals surface area contributed by atoms with E-state index in [0.29, 0.717) is 16.4 Å². The molecule has 90 valence electrons. The summed E-state index contributed by atoms with van der Waals surface area (Å²) < 4.78 is 0. The molecule has 1 aromatic carbocycles. The maximum atomic E-state index is 11.9.